The van der Waals surface area contributed by atoms with Gasteiger partial charge >= 0.3 is 6.18 Å². The van der Waals surface area contributed by atoms with E-state index in [1.807, 2.05) is 19.1 Å². The second-order valence-corrected chi connectivity index (χ2v) is 5.84. The molecule has 28 heavy (non-hydrogen) atoms. The number of alkyl halides is 3. The zero-order valence-corrected chi connectivity index (χ0v) is 15.0. The Kier molecular flexibility index (Phi) is 5.30. The molecule has 0 aliphatic heterocycles. The smallest absolute Gasteiger partial charge is 0.419 e. The predicted octanol–water partition coefficient (Wildman–Crippen LogP) is 3.84. The summed E-state index contributed by atoms with van der Waals surface area (Å²) in [4.78, 5) is 20.2. The molecule has 2 aromatic heterocycles. The van der Waals surface area contributed by atoms with Crippen molar-refractivity contribution >= 4 is 11.6 Å². The maximum Gasteiger partial charge on any atom is 0.435 e. The van der Waals surface area contributed by atoms with Crippen molar-refractivity contribution in [2.24, 2.45) is 7.05 Å². The van der Waals surface area contributed by atoms with Gasteiger partial charge in [0, 0.05) is 18.8 Å². The average molecular weight is 391 g/mol. The van der Waals surface area contributed by atoms with E-state index in [1.54, 1.807) is 12.1 Å². The predicted molar refractivity (Wildman–Crippen MR) is 94.1 cm³/mol. The maximum absolute atomic E-state index is 12.7. The number of nitrogens with one attached hydrogen (secondary N) is 1. The monoisotopic (exact) mass is 391 g/mol. The third kappa shape index (κ3) is 4.45. The minimum absolute atomic E-state index is 0.0460. The van der Waals surface area contributed by atoms with Crippen LogP contribution in [0.5, 0.6) is 11.8 Å². The fraction of sp³-hybridized carbons (Fsp3) is 0.222. The molecular formula is C18H16F3N5O2. The number of aryl methyl sites for hydroxylation is 2. The summed E-state index contributed by atoms with van der Waals surface area (Å²) in [7, 11) is 1.30. The lowest BCUT2D eigenvalue weighted by atomic mass is 10.1. The highest BCUT2D eigenvalue weighted by atomic mass is 19.4. The van der Waals surface area contributed by atoms with Crippen LogP contribution in [0.2, 0.25) is 0 Å². The zero-order valence-electron chi connectivity index (χ0n) is 15.0. The highest BCUT2D eigenvalue weighted by Crippen LogP contribution is 2.31. The highest BCUT2D eigenvalue weighted by Gasteiger charge is 2.35. The van der Waals surface area contributed by atoms with E-state index in [0.29, 0.717) is 5.69 Å². The SMILES string of the molecule is CCc1ccc(NC(=O)c2cncc(Oc3cc(C(F)(F)F)nn3C)n2)cc1. The summed E-state index contributed by atoms with van der Waals surface area (Å²) in [6.45, 7) is 2.02. The maximum atomic E-state index is 12.7. The van der Waals surface area contributed by atoms with Crippen LogP contribution in [-0.2, 0) is 19.6 Å². The van der Waals surface area contributed by atoms with Crippen molar-refractivity contribution < 1.29 is 22.7 Å². The fourth-order valence-corrected chi connectivity index (χ4v) is 2.32. The van der Waals surface area contributed by atoms with Crippen molar-refractivity contribution in [1.29, 1.82) is 0 Å². The van der Waals surface area contributed by atoms with Crippen LogP contribution in [0.15, 0.2) is 42.7 Å². The molecule has 0 fully saturated rings. The van der Waals surface area contributed by atoms with Gasteiger partial charge in [0.1, 0.15) is 0 Å². The topological polar surface area (TPSA) is 81.9 Å². The molecule has 2 heterocycles. The molecule has 0 aliphatic rings. The number of benzene rings is 1. The molecule has 1 N–H and O–H groups in total. The van der Waals surface area contributed by atoms with E-state index in [1.165, 1.54) is 19.4 Å². The van der Waals surface area contributed by atoms with Gasteiger partial charge in [-0.05, 0) is 24.1 Å². The van der Waals surface area contributed by atoms with Crippen LogP contribution in [-0.4, -0.2) is 25.7 Å². The van der Waals surface area contributed by atoms with Crippen LogP contribution in [0.1, 0.15) is 28.7 Å². The molecule has 146 valence electrons. The standard InChI is InChI=1S/C18H16F3N5O2/c1-3-11-4-6-12(7-5-11)23-17(27)13-9-22-10-15(24-13)28-16-8-14(18(19,20)21)25-26(16)2/h4-10H,3H2,1-2H3,(H,23,27). The van der Waals surface area contributed by atoms with Crippen LogP contribution in [0.3, 0.4) is 0 Å². The molecule has 0 aliphatic carbocycles. The minimum Gasteiger partial charge on any atom is -0.419 e. The molecule has 1 aromatic carbocycles. The van der Waals surface area contributed by atoms with Crippen molar-refractivity contribution in [1.82, 2.24) is 19.7 Å². The number of carbonyl (C=O) groups excluding carboxylic acids is 1. The second kappa shape index (κ2) is 7.67. The van der Waals surface area contributed by atoms with Gasteiger partial charge in [-0.15, -0.1) is 0 Å². The number of amides is 1. The van der Waals surface area contributed by atoms with E-state index in [0.717, 1.165) is 22.7 Å². The lowest BCUT2D eigenvalue weighted by Crippen LogP contribution is -2.14. The van der Waals surface area contributed by atoms with Gasteiger partial charge in [0.25, 0.3) is 5.91 Å². The lowest BCUT2D eigenvalue weighted by molar-refractivity contribution is -0.141. The Morgan fingerprint density at radius 1 is 1.21 bits per heavy atom. The van der Waals surface area contributed by atoms with Gasteiger partial charge in [-0.25, -0.2) is 9.67 Å². The van der Waals surface area contributed by atoms with Crippen molar-refractivity contribution in [2.45, 2.75) is 19.5 Å². The minimum atomic E-state index is -4.60. The molecule has 0 radical (unpaired) electrons. The Morgan fingerprint density at radius 3 is 2.54 bits per heavy atom. The Labute approximate surface area is 158 Å². The molecule has 0 saturated carbocycles. The van der Waals surface area contributed by atoms with E-state index in [9.17, 15) is 18.0 Å². The Bertz CT molecular complexity index is 984. The quantitative estimate of drug-likeness (QED) is 0.715. The average Bonchev–Trinajstić information content (AvgIpc) is 3.03. The number of nitrogens with zero attached hydrogens (tertiary/aromatic N) is 4. The Balaban J connectivity index is 1.74. The summed E-state index contributed by atoms with van der Waals surface area (Å²) >= 11 is 0. The Hall–Kier alpha value is -3.43. The molecule has 0 atom stereocenters. The summed E-state index contributed by atoms with van der Waals surface area (Å²) in [6, 6.07) is 8.05. The first-order valence-electron chi connectivity index (χ1n) is 8.27. The first kappa shape index (κ1) is 19.3. The number of halogens is 3. The van der Waals surface area contributed by atoms with Crippen LogP contribution >= 0.6 is 0 Å². The summed E-state index contributed by atoms with van der Waals surface area (Å²) in [5.74, 6) is -0.844. The highest BCUT2D eigenvalue weighted by molar-refractivity contribution is 6.02. The molecule has 0 saturated heterocycles. The first-order valence-corrected chi connectivity index (χ1v) is 8.27. The van der Waals surface area contributed by atoms with Crippen molar-refractivity contribution in [3.8, 4) is 11.8 Å². The summed E-state index contributed by atoms with van der Waals surface area (Å²) < 4.78 is 44.4. The molecular weight excluding hydrogens is 375 g/mol. The molecule has 0 bridgehead atoms. The molecule has 0 unspecified atom stereocenters. The van der Waals surface area contributed by atoms with Gasteiger partial charge in [0.2, 0.25) is 11.8 Å². The molecule has 7 nitrogen and oxygen atoms in total. The molecule has 0 spiro atoms. The molecule has 3 rings (SSSR count). The van der Waals surface area contributed by atoms with E-state index < -0.39 is 17.8 Å². The van der Waals surface area contributed by atoms with E-state index in [4.69, 9.17) is 4.74 Å². The number of hydrogen-bond acceptors (Lipinski definition) is 5. The Morgan fingerprint density at radius 2 is 1.93 bits per heavy atom. The van der Waals surface area contributed by atoms with Crippen LogP contribution < -0.4 is 10.1 Å². The van der Waals surface area contributed by atoms with E-state index in [-0.39, 0.29) is 17.5 Å². The number of rotatable bonds is 5. The van der Waals surface area contributed by atoms with Gasteiger partial charge in [0.05, 0.1) is 12.4 Å². The molecule has 1 amide bonds. The normalized spacial score (nSPS) is 11.3. The van der Waals surface area contributed by atoms with Crippen LogP contribution in [0.25, 0.3) is 0 Å². The summed E-state index contributed by atoms with van der Waals surface area (Å²) in [6.07, 6.45) is -1.30. The first-order chi connectivity index (χ1) is 13.3. The van der Waals surface area contributed by atoms with Crippen molar-refractivity contribution in [2.75, 3.05) is 5.32 Å². The molecule has 10 heteroatoms. The van der Waals surface area contributed by atoms with E-state index >= 15 is 0 Å². The lowest BCUT2D eigenvalue weighted by Gasteiger charge is -2.07. The van der Waals surface area contributed by atoms with Crippen molar-refractivity contribution in [3.63, 3.8) is 0 Å². The number of hydrogen-bond donors (Lipinski definition) is 1. The van der Waals surface area contributed by atoms with Crippen LogP contribution in [0.4, 0.5) is 18.9 Å². The third-order valence-electron chi connectivity index (χ3n) is 3.80. The fourth-order valence-electron chi connectivity index (χ4n) is 2.32. The second-order valence-electron chi connectivity index (χ2n) is 5.84. The van der Waals surface area contributed by atoms with Gasteiger partial charge in [-0.2, -0.15) is 18.3 Å². The van der Waals surface area contributed by atoms with Crippen molar-refractivity contribution in [3.05, 3.63) is 59.7 Å². The third-order valence-corrected chi connectivity index (χ3v) is 3.80. The van der Waals surface area contributed by atoms with Gasteiger partial charge in [0.15, 0.2) is 11.4 Å². The van der Waals surface area contributed by atoms with Gasteiger partial charge in [-0.3, -0.25) is 9.78 Å². The summed E-state index contributed by atoms with van der Waals surface area (Å²) in [5, 5.41) is 6.02. The van der Waals surface area contributed by atoms with Crippen LogP contribution in [0, 0.1) is 0 Å². The largest absolute Gasteiger partial charge is 0.435 e. The number of carbonyl (C=O) groups is 1. The number of aromatic nitrogens is 4. The number of ether oxygens (including phenoxy) is 1. The number of anilines is 1. The van der Waals surface area contributed by atoms with E-state index in [2.05, 4.69) is 20.4 Å². The molecule has 3 aromatic rings. The summed E-state index contributed by atoms with van der Waals surface area (Å²) in [5.41, 5.74) is 0.567. The van der Waals surface area contributed by atoms with Gasteiger partial charge < -0.3 is 10.1 Å². The zero-order chi connectivity index (χ0) is 20.3. The van der Waals surface area contributed by atoms with Gasteiger partial charge in [-0.1, -0.05) is 19.1 Å².